The number of oxime groups is 1. The average molecular weight is 514 g/mol. The molecule has 2 atom stereocenters. The van der Waals surface area contributed by atoms with Crippen LogP contribution in [0.2, 0.25) is 0 Å². The van der Waals surface area contributed by atoms with Crippen molar-refractivity contribution < 1.29 is 28.3 Å². The molecule has 38 heavy (non-hydrogen) atoms. The Bertz CT molecular complexity index is 1580. The number of carbonyl (C=O) groups excluding carboxylic acids is 3. The highest BCUT2D eigenvalue weighted by Crippen LogP contribution is 2.30. The number of Topliss-reactive ketones (excluding diaryl/α,β-unsaturated/α-hetero) is 1. The lowest BCUT2D eigenvalue weighted by atomic mass is 9.94. The molecular weight excluding hydrogens is 489 g/mol. The number of carbonyl (C=O) groups is 3. The topological polar surface area (TPSA) is 107 Å². The van der Waals surface area contributed by atoms with Gasteiger partial charge in [-0.25, -0.2) is 4.39 Å². The van der Waals surface area contributed by atoms with Gasteiger partial charge in [0, 0.05) is 23.4 Å². The summed E-state index contributed by atoms with van der Waals surface area (Å²) >= 11 is 0. The van der Waals surface area contributed by atoms with Crippen LogP contribution < -0.4 is 10.1 Å². The number of esters is 1. The van der Waals surface area contributed by atoms with Crippen molar-refractivity contribution in [2.24, 2.45) is 5.16 Å². The van der Waals surface area contributed by atoms with Crippen molar-refractivity contribution in [1.29, 1.82) is 0 Å². The molecule has 8 nitrogen and oxygen atoms in total. The number of nitrogens with one attached hydrogen (secondary N) is 1. The zero-order chi connectivity index (χ0) is 26.7. The number of pyridine rings is 1. The fourth-order valence-electron chi connectivity index (χ4n) is 4.40. The minimum atomic E-state index is -1.48. The highest BCUT2D eigenvalue weighted by molar-refractivity contribution is 6.12. The molecule has 0 saturated carbocycles. The van der Waals surface area contributed by atoms with E-state index in [9.17, 15) is 18.8 Å². The standard InChI is InChI=1S/C29H24FN3O5/c1-29(16-23(33-38-29)27-21-11-5-3-8-19(21)13-14-31-27)28(36)32-22(24(34)17-30)15-26(35)37-25-12-6-9-18-7-2-4-10-20(18)25/h2-14,22H,15-17H2,1H3,(H,32,36)/t22-,29?/m0/s1. The van der Waals surface area contributed by atoms with Gasteiger partial charge in [-0.2, -0.15) is 0 Å². The molecule has 3 aromatic carbocycles. The molecule has 9 heteroatoms. The molecule has 1 aliphatic heterocycles. The van der Waals surface area contributed by atoms with E-state index in [-0.39, 0.29) is 6.42 Å². The van der Waals surface area contributed by atoms with E-state index in [1.165, 1.54) is 6.92 Å². The molecule has 0 spiro atoms. The van der Waals surface area contributed by atoms with Gasteiger partial charge < -0.3 is 14.9 Å². The number of benzene rings is 3. The van der Waals surface area contributed by atoms with Crippen LogP contribution in [-0.2, 0) is 19.2 Å². The zero-order valence-corrected chi connectivity index (χ0v) is 20.5. The third-order valence-electron chi connectivity index (χ3n) is 6.46. The number of nitrogens with zero attached hydrogens (tertiary/aromatic N) is 2. The number of ether oxygens (including phenoxy) is 1. The third-order valence-corrected chi connectivity index (χ3v) is 6.46. The Labute approximate surface area is 217 Å². The lowest BCUT2D eigenvalue weighted by Crippen LogP contribution is -2.52. The van der Waals surface area contributed by atoms with Crippen LogP contribution >= 0.6 is 0 Å². The van der Waals surface area contributed by atoms with Crippen LogP contribution in [0.3, 0.4) is 0 Å². The first-order valence-electron chi connectivity index (χ1n) is 12.1. The Morgan fingerprint density at radius 2 is 1.68 bits per heavy atom. The van der Waals surface area contributed by atoms with E-state index in [2.05, 4.69) is 15.5 Å². The molecule has 0 aliphatic carbocycles. The second-order valence-electron chi connectivity index (χ2n) is 9.20. The first kappa shape index (κ1) is 25.0. The molecule has 1 aliphatic rings. The molecule has 1 amide bonds. The van der Waals surface area contributed by atoms with Gasteiger partial charge in [-0.05, 0) is 29.8 Å². The van der Waals surface area contributed by atoms with Crippen molar-refractivity contribution in [1.82, 2.24) is 10.3 Å². The molecule has 0 saturated heterocycles. The largest absolute Gasteiger partial charge is 0.426 e. The van der Waals surface area contributed by atoms with E-state index in [4.69, 9.17) is 9.57 Å². The lowest BCUT2D eigenvalue weighted by Gasteiger charge is -2.24. The average Bonchev–Trinajstić information content (AvgIpc) is 3.35. The molecule has 0 fully saturated rings. The fourth-order valence-corrected chi connectivity index (χ4v) is 4.40. The van der Waals surface area contributed by atoms with Gasteiger partial charge in [-0.1, -0.05) is 65.8 Å². The predicted molar refractivity (Wildman–Crippen MR) is 139 cm³/mol. The van der Waals surface area contributed by atoms with Crippen molar-refractivity contribution in [2.75, 3.05) is 6.67 Å². The molecule has 0 bridgehead atoms. The molecule has 1 aromatic heterocycles. The van der Waals surface area contributed by atoms with E-state index in [1.54, 1.807) is 24.4 Å². The molecule has 192 valence electrons. The Morgan fingerprint density at radius 1 is 1.00 bits per heavy atom. The summed E-state index contributed by atoms with van der Waals surface area (Å²) in [5.74, 6) is -2.15. The highest BCUT2D eigenvalue weighted by atomic mass is 19.1. The quantitative estimate of drug-likeness (QED) is 0.278. The molecule has 5 rings (SSSR count). The molecule has 1 unspecified atom stereocenters. The lowest BCUT2D eigenvalue weighted by molar-refractivity contribution is -0.145. The third kappa shape index (κ3) is 4.95. The number of hydrogen-bond donors (Lipinski definition) is 1. The van der Waals surface area contributed by atoms with Crippen LogP contribution in [-0.4, -0.2) is 46.7 Å². The van der Waals surface area contributed by atoms with E-state index in [0.29, 0.717) is 22.5 Å². The molecule has 0 radical (unpaired) electrons. The maximum absolute atomic E-state index is 13.4. The summed E-state index contributed by atoms with van der Waals surface area (Å²) in [7, 11) is 0. The minimum Gasteiger partial charge on any atom is -0.426 e. The summed E-state index contributed by atoms with van der Waals surface area (Å²) in [5.41, 5.74) is -0.444. The van der Waals surface area contributed by atoms with Gasteiger partial charge in [0.1, 0.15) is 24.2 Å². The summed E-state index contributed by atoms with van der Waals surface area (Å²) in [5, 5.41) is 9.94. The number of amides is 1. The van der Waals surface area contributed by atoms with Gasteiger partial charge in [0.15, 0.2) is 5.78 Å². The Hall–Kier alpha value is -4.66. The minimum absolute atomic E-state index is 0.0663. The Kier molecular flexibility index (Phi) is 6.83. The van der Waals surface area contributed by atoms with Gasteiger partial charge in [0.2, 0.25) is 5.60 Å². The highest BCUT2D eigenvalue weighted by Gasteiger charge is 2.44. The Balaban J connectivity index is 1.29. The van der Waals surface area contributed by atoms with E-state index >= 15 is 0 Å². The van der Waals surface area contributed by atoms with Gasteiger partial charge >= 0.3 is 5.97 Å². The molecule has 2 heterocycles. The van der Waals surface area contributed by atoms with Crippen molar-refractivity contribution in [3.63, 3.8) is 0 Å². The van der Waals surface area contributed by atoms with E-state index in [1.807, 2.05) is 54.6 Å². The van der Waals surface area contributed by atoms with E-state index < -0.39 is 42.4 Å². The van der Waals surface area contributed by atoms with Gasteiger partial charge in [0.25, 0.3) is 5.91 Å². The summed E-state index contributed by atoms with van der Waals surface area (Å²) in [6.07, 6.45) is 1.16. The normalized spacial score (nSPS) is 17.5. The number of rotatable bonds is 8. The monoisotopic (exact) mass is 513 g/mol. The zero-order valence-electron chi connectivity index (χ0n) is 20.5. The van der Waals surface area contributed by atoms with Crippen LogP contribution in [0, 0.1) is 0 Å². The number of fused-ring (bicyclic) bond motifs is 2. The first-order valence-corrected chi connectivity index (χ1v) is 12.1. The van der Waals surface area contributed by atoms with Gasteiger partial charge in [-0.3, -0.25) is 19.4 Å². The molecule has 4 aromatic rings. The second kappa shape index (κ2) is 10.4. The first-order chi connectivity index (χ1) is 18.4. The van der Waals surface area contributed by atoms with Crippen molar-refractivity contribution in [3.05, 3.63) is 84.7 Å². The summed E-state index contributed by atoms with van der Waals surface area (Å²) in [4.78, 5) is 48.1. The Morgan fingerprint density at radius 3 is 2.45 bits per heavy atom. The summed E-state index contributed by atoms with van der Waals surface area (Å²) in [6, 6.07) is 20.6. The van der Waals surface area contributed by atoms with Crippen molar-refractivity contribution in [2.45, 2.75) is 31.4 Å². The van der Waals surface area contributed by atoms with Gasteiger partial charge in [-0.15, -0.1) is 0 Å². The van der Waals surface area contributed by atoms with Crippen molar-refractivity contribution in [3.8, 4) is 5.75 Å². The SMILES string of the molecule is CC1(C(=O)N[C@@H](CC(=O)Oc2cccc3ccccc23)C(=O)CF)CC(c2nccc3ccccc23)=NO1. The van der Waals surface area contributed by atoms with Crippen LogP contribution in [0.15, 0.2) is 84.1 Å². The number of aromatic nitrogens is 1. The number of alkyl halides is 1. The maximum atomic E-state index is 13.4. The second-order valence-corrected chi connectivity index (χ2v) is 9.20. The smallest absolute Gasteiger partial charge is 0.313 e. The molecule has 1 N–H and O–H groups in total. The summed E-state index contributed by atoms with van der Waals surface area (Å²) in [6.45, 7) is 0.154. The van der Waals surface area contributed by atoms with Gasteiger partial charge in [0.05, 0.1) is 12.1 Å². The van der Waals surface area contributed by atoms with Crippen LogP contribution in [0.1, 0.15) is 25.5 Å². The number of ketones is 1. The summed E-state index contributed by atoms with van der Waals surface area (Å²) < 4.78 is 18.8. The van der Waals surface area contributed by atoms with Crippen LogP contribution in [0.4, 0.5) is 4.39 Å². The molecular formula is C29H24FN3O5. The predicted octanol–water partition coefficient (Wildman–Crippen LogP) is 4.29. The van der Waals surface area contributed by atoms with Crippen LogP contribution in [0.5, 0.6) is 5.75 Å². The fraction of sp³-hybridized carbons (Fsp3) is 0.207. The number of hydrogen-bond acceptors (Lipinski definition) is 7. The van der Waals surface area contributed by atoms with Crippen molar-refractivity contribution >= 4 is 44.9 Å². The maximum Gasteiger partial charge on any atom is 0.313 e. The van der Waals surface area contributed by atoms with Crippen LogP contribution in [0.25, 0.3) is 21.5 Å². The number of halogens is 1. The van der Waals surface area contributed by atoms with E-state index in [0.717, 1.165) is 16.2 Å².